The van der Waals surface area contributed by atoms with Gasteiger partial charge in [-0.05, 0) is 185 Å². The number of benzene rings is 9. The fraction of sp³-hybridized carbons (Fsp3) is 0.200. The molecule has 350 valence electrons. The van der Waals surface area contributed by atoms with E-state index in [-0.39, 0.29) is 21.7 Å². The summed E-state index contributed by atoms with van der Waals surface area (Å²) in [6, 6.07) is 67.5. The van der Waals surface area contributed by atoms with Gasteiger partial charge in [-0.3, -0.25) is 0 Å². The molecule has 9 aromatic carbocycles. The van der Waals surface area contributed by atoms with Crippen molar-refractivity contribution in [3.63, 3.8) is 0 Å². The van der Waals surface area contributed by atoms with Gasteiger partial charge in [0.25, 0.3) is 0 Å². The summed E-state index contributed by atoms with van der Waals surface area (Å²) >= 11 is 0. The first-order valence-electron chi connectivity index (χ1n) is 26.1. The third kappa shape index (κ3) is 5.84. The van der Waals surface area contributed by atoms with Crippen LogP contribution in [0.25, 0.3) is 55.3 Å². The van der Waals surface area contributed by atoms with E-state index in [9.17, 15) is 0 Å². The number of hydrogen-bond acceptors (Lipinski definition) is 2. The molecule has 0 saturated heterocycles. The summed E-state index contributed by atoms with van der Waals surface area (Å²) < 4.78 is 0. The molecule has 0 aliphatic heterocycles. The molecule has 0 fully saturated rings. The maximum Gasteiger partial charge on any atom is 0.0465 e. The van der Waals surface area contributed by atoms with Gasteiger partial charge in [-0.1, -0.05) is 177 Å². The molecule has 5 aliphatic carbocycles. The van der Waals surface area contributed by atoms with Crippen LogP contribution in [0.5, 0.6) is 0 Å². The minimum absolute atomic E-state index is 0.0828. The van der Waals surface area contributed by atoms with Gasteiger partial charge in [0.1, 0.15) is 0 Å². The molecule has 0 aromatic heterocycles. The predicted molar refractivity (Wildman–Crippen MR) is 304 cm³/mol. The molecule has 0 bridgehead atoms. The molecule has 0 spiro atoms. The first-order valence-corrected chi connectivity index (χ1v) is 26.1. The highest BCUT2D eigenvalue weighted by Crippen LogP contribution is 2.59. The summed E-state index contributed by atoms with van der Waals surface area (Å²) in [4.78, 5) is 5.02. The molecule has 0 radical (unpaired) electrons. The van der Waals surface area contributed by atoms with E-state index in [4.69, 9.17) is 0 Å². The van der Waals surface area contributed by atoms with Gasteiger partial charge in [0.05, 0.1) is 0 Å². The monoisotopic (exact) mass is 928 g/mol. The highest BCUT2D eigenvalue weighted by atomic mass is 15.2. The second-order valence-corrected chi connectivity index (χ2v) is 23.2. The maximum atomic E-state index is 2.58. The van der Waals surface area contributed by atoms with Crippen molar-refractivity contribution in [2.75, 3.05) is 9.80 Å². The van der Waals surface area contributed by atoms with Crippen LogP contribution in [-0.4, -0.2) is 0 Å². The Labute approximate surface area is 425 Å². The second-order valence-electron chi connectivity index (χ2n) is 23.2. The van der Waals surface area contributed by atoms with Gasteiger partial charge in [0.2, 0.25) is 0 Å². The van der Waals surface area contributed by atoms with E-state index in [0.29, 0.717) is 0 Å². The van der Waals surface area contributed by atoms with Crippen LogP contribution in [0.15, 0.2) is 200 Å². The molecule has 0 unspecified atom stereocenters. The van der Waals surface area contributed by atoms with Crippen molar-refractivity contribution in [1.82, 2.24) is 0 Å². The van der Waals surface area contributed by atoms with Crippen molar-refractivity contribution in [2.45, 2.75) is 89.9 Å². The van der Waals surface area contributed by atoms with Crippen LogP contribution < -0.4 is 9.80 Å². The number of hydrogen-bond donors (Lipinski definition) is 0. The topological polar surface area (TPSA) is 6.48 Å². The van der Waals surface area contributed by atoms with Crippen molar-refractivity contribution >= 4 is 39.2 Å². The molecule has 14 rings (SSSR count). The largest absolute Gasteiger partial charge is 0.314 e. The van der Waals surface area contributed by atoms with Crippen molar-refractivity contribution < 1.29 is 0 Å². The normalized spacial score (nSPS) is 17.0. The highest BCUT2D eigenvalue weighted by molar-refractivity contribution is 6.13. The lowest BCUT2D eigenvalue weighted by Gasteiger charge is -2.37. The molecule has 72 heavy (non-hydrogen) atoms. The van der Waals surface area contributed by atoms with Crippen molar-refractivity contribution in [3.8, 4) is 44.5 Å². The van der Waals surface area contributed by atoms with Crippen LogP contribution >= 0.6 is 0 Å². The van der Waals surface area contributed by atoms with E-state index in [2.05, 4.69) is 259 Å². The molecule has 0 amide bonds. The van der Waals surface area contributed by atoms with Gasteiger partial charge in [-0.2, -0.15) is 0 Å². The number of fused-ring (bicyclic) bond motifs is 12. The van der Waals surface area contributed by atoms with Crippen LogP contribution in [0.2, 0.25) is 0 Å². The minimum atomic E-state index is -0.259. The number of anilines is 5. The number of allylic oxidation sites excluding steroid dienone is 4. The minimum Gasteiger partial charge on any atom is -0.314 e. The average molecular weight is 929 g/mol. The van der Waals surface area contributed by atoms with Crippen LogP contribution in [0.3, 0.4) is 0 Å². The van der Waals surface area contributed by atoms with Crippen LogP contribution in [0, 0.1) is 0 Å². The summed E-state index contributed by atoms with van der Waals surface area (Å²) in [5.41, 5.74) is 28.5. The van der Waals surface area contributed by atoms with Crippen LogP contribution in [-0.2, 0) is 21.7 Å². The molecule has 5 aliphatic rings. The zero-order valence-electron chi connectivity index (χ0n) is 42.8. The third-order valence-electron chi connectivity index (χ3n) is 17.9. The fourth-order valence-electron chi connectivity index (χ4n) is 14.1. The fourth-order valence-corrected chi connectivity index (χ4v) is 14.1. The lowest BCUT2D eigenvalue weighted by molar-refractivity contribution is 0.644. The molecule has 0 atom stereocenters. The summed E-state index contributed by atoms with van der Waals surface area (Å²) in [6.45, 7) is 19.3. The lowest BCUT2D eigenvalue weighted by atomic mass is 9.67. The third-order valence-corrected chi connectivity index (χ3v) is 17.9. The summed E-state index contributed by atoms with van der Waals surface area (Å²) in [5.74, 6) is 0. The van der Waals surface area contributed by atoms with E-state index >= 15 is 0 Å². The van der Waals surface area contributed by atoms with Gasteiger partial charge >= 0.3 is 0 Å². The number of nitrogens with zero attached hydrogens (tertiary/aromatic N) is 2. The maximum absolute atomic E-state index is 2.58. The van der Waals surface area contributed by atoms with Crippen molar-refractivity contribution in [2.24, 2.45) is 0 Å². The van der Waals surface area contributed by atoms with E-state index in [1.54, 1.807) is 0 Å². The molecular formula is C70H60N2. The Hall–Kier alpha value is -7.68. The average Bonchev–Trinajstić information content (AvgIpc) is 3.88. The van der Waals surface area contributed by atoms with Gasteiger partial charge in [-0.25, -0.2) is 0 Å². The van der Waals surface area contributed by atoms with Crippen LogP contribution in [0.4, 0.5) is 28.4 Å². The van der Waals surface area contributed by atoms with Gasteiger partial charge < -0.3 is 9.80 Å². The summed E-state index contributed by atoms with van der Waals surface area (Å²) in [6.07, 6.45) is 8.90. The first kappa shape index (κ1) is 43.1. The molecule has 0 heterocycles. The van der Waals surface area contributed by atoms with Crippen molar-refractivity contribution in [3.05, 3.63) is 244 Å². The molecular weight excluding hydrogens is 869 g/mol. The molecule has 0 saturated carbocycles. The zero-order chi connectivity index (χ0) is 49.1. The van der Waals surface area contributed by atoms with E-state index < -0.39 is 0 Å². The van der Waals surface area contributed by atoms with Crippen LogP contribution in [0.1, 0.15) is 113 Å². The summed E-state index contributed by atoms with van der Waals surface area (Å²) in [5, 5.41) is 2.74. The predicted octanol–water partition coefficient (Wildman–Crippen LogP) is 18.9. The van der Waals surface area contributed by atoms with Gasteiger partial charge in [-0.15, -0.1) is 0 Å². The molecule has 9 aromatic rings. The smallest absolute Gasteiger partial charge is 0.0465 e. The van der Waals surface area contributed by atoms with Gasteiger partial charge in [0, 0.05) is 55.8 Å². The Bertz CT molecular complexity index is 3870. The lowest BCUT2D eigenvalue weighted by Crippen LogP contribution is -2.25. The standard InChI is InChI=1S/C70H60N2/c1-67(2)57-27-17-15-24-49(57)51-34-30-45(38-60(51)67)71(43-20-11-9-12-21-43)47-32-36-53-56-42-64-65(55-26-19-29-59(66(55)56)69(5,6)62(53)40-47)54-37-33-48(41-63(54)70(64,7)8)72(44-22-13-10-14-23-44)46-31-35-52-50-25-16-18-28-58(50)68(3,4)61(52)39-46/h9-13,15-22,24-42H,14,23H2,1-8H3. The summed E-state index contributed by atoms with van der Waals surface area (Å²) in [7, 11) is 0. The highest BCUT2D eigenvalue weighted by Gasteiger charge is 2.43. The zero-order valence-corrected chi connectivity index (χ0v) is 42.8. The number of para-hydroxylation sites is 1. The SMILES string of the molecule is CC1(C)c2ccccc2-c2ccc(N(C3=CC=CCC3)c3ccc4c(c3)C(C)(C)c3cc5c6c(cccc6c3-4)C(C)(C)c3cc(N(c4ccccc4)c4ccc6c(c4)C(C)(C)c4ccccc4-6)ccc3-5)cc21. The number of rotatable bonds is 6. The Kier molecular flexibility index (Phi) is 8.95. The molecule has 0 N–H and O–H groups in total. The quantitative estimate of drug-likeness (QED) is 0.164. The van der Waals surface area contributed by atoms with E-state index in [1.165, 1.54) is 128 Å². The molecule has 2 nitrogen and oxygen atoms in total. The Morgan fingerprint density at radius 3 is 1.33 bits per heavy atom. The van der Waals surface area contributed by atoms with Gasteiger partial charge in [0.15, 0.2) is 0 Å². The Balaban J connectivity index is 0.899. The Morgan fingerprint density at radius 2 is 0.778 bits per heavy atom. The Morgan fingerprint density at radius 1 is 0.333 bits per heavy atom. The van der Waals surface area contributed by atoms with E-state index in [0.717, 1.165) is 18.5 Å². The van der Waals surface area contributed by atoms with Crippen molar-refractivity contribution in [1.29, 1.82) is 0 Å². The second kappa shape index (κ2) is 14.9. The van der Waals surface area contributed by atoms with E-state index in [1.807, 2.05) is 0 Å². The molecule has 2 heteroatoms. The first-order chi connectivity index (χ1) is 34.7.